The number of benzene rings is 2. The van der Waals surface area contributed by atoms with Crippen LogP contribution in [0, 0.1) is 0 Å². The monoisotopic (exact) mass is 497 g/mol. The lowest BCUT2D eigenvalue weighted by Gasteiger charge is -2.42. The van der Waals surface area contributed by atoms with Gasteiger partial charge in [0.2, 0.25) is 5.91 Å². The van der Waals surface area contributed by atoms with Crippen molar-refractivity contribution in [3.8, 4) is 21.1 Å². The van der Waals surface area contributed by atoms with E-state index in [4.69, 9.17) is 4.98 Å². The molecule has 2 aliphatic carbocycles. The van der Waals surface area contributed by atoms with Crippen LogP contribution >= 0.6 is 11.3 Å². The molecule has 0 saturated heterocycles. The first-order valence-corrected chi connectivity index (χ1v) is 14.5. The van der Waals surface area contributed by atoms with E-state index in [1.165, 1.54) is 49.0 Å². The predicted molar refractivity (Wildman–Crippen MR) is 149 cm³/mol. The Bertz CT molecular complexity index is 1290. The number of thiophene rings is 1. The van der Waals surface area contributed by atoms with Crippen molar-refractivity contribution in [3.63, 3.8) is 0 Å². The number of nitrogens with zero attached hydrogens (tertiary/aromatic N) is 3. The van der Waals surface area contributed by atoms with Crippen molar-refractivity contribution in [2.75, 3.05) is 0 Å². The first-order valence-electron chi connectivity index (χ1n) is 13.7. The number of amides is 1. The molecular weight excluding hydrogens is 462 g/mol. The third kappa shape index (κ3) is 4.73. The Morgan fingerprint density at radius 2 is 1.39 bits per heavy atom. The fourth-order valence-electron chi connectivity index (χ4n) is 6.28. The molecule has 4 nitrogen and oxygen atoms in total. The third-order valence-corrected chi connectivity index (χ3v) is 9.19. The molecule has 0 unspecified atom stereocenters. The Balaban J connectivity index is 1.35. The molecule has 0 aliphatic heterocycles. The molecule has 2 heterocycles. The van der Waals surface area contributed by atoms with Crippen LogP contribution in [0.2, 0.25) is 0 Å². The number of para-hydroxylation sites is 2. The molecule has 36 heavy (non-hydrogen) atoms. The zero-order valence-corrected chi connectivity index (χ0v) is 21.8. The van der Waals surface area contributed by atoms with E-state index < -0.39 is 0 Å². The predicted octanol–water partition coefficient (Wildman–Crippen LogP) is 7.93. The number of aromatic nitrogens is 2. The van der Waals surface area contributed by atoms with Gasteiger partial charge in [0.05, 0.1) is 15.9 Å². The smallest absolute Gasteiger partial charge is 0.243 e. The molecule has 2 aromatic heterocycles. The average molecular weight is 498 g/mol. The van der Waals surface area contributed by atoms with E-state index in [1.807, 2.05) is 12.1 Å². The minimum absolute atomic E-state index is 0.276. The number of fused-ring (bicyclic) bond motifs is 1. The molecule has 0 radical (unpaired) electrons. The Kier molecular flexibility index (Phi) is 6.91. The molecule has 2 aliphatic rings. The minimum Gasteiger partial charge on any atom is -0.335 e. The van der Waals surface area contributed by atoms with E-state index in [-0.39, 0.29) is 5.91 Å². The van der Waals surface area contributed by atoms with Gasteiger partial charge in [0.25, 0.3) is 0 Å². The second-order valence-corrected chi connectivity index (χ2v) is 11.5. The van der Waals surface area contributed by atoms with E-state index in [9.17, 15) is 4.79 Å². The van der Waals surface area contributed by atoms with Gasteiger partial charge in [0.15, 0.2) is 5.82 Å². The number of rotatable bonds is 6. The van der Waals surface area contributed by atoms with Crippen LogP contribution < -0.4 is 0 Å². The maximum absolute atomic E-state index is 14.1. The zero-order chi connectivity index (χ0) is 24.3. The summed E-state index contributed by atoms with van der Waals surface area (Å²) < 4.78 is 2.18. The summed E-state index contributed by atoms with van der Waals surface area (Å²) in [5, 5.41) is 0. The summed E-state index contributed by atoms with van der Waals surface area (Å²) in [6.07, 6.45) is 12.2. The zero-order valence-electron chi connectivity index (χ0n) is 20.9. The molecule has 5 heteroatoms. The summed E-state index contributed by atoms with van der Waals surface area (Å²) in [5.74, 6) is 1.18. The van der Waals surface area contributed by atoms with Gasteiger partial charge in [-0.3, -0.25) is 4.79 Å². The summed E-state index contributed by atoms with van der Waals surface area (Å²) >= 11 is 1.75. The molecule has 0 atom stereocenters. The topological polar surface area (TPSA) is 38.1 Å². The van der Waals surface area contributed by atoms with Crippen molar-refractivity contribution in [3.05, 3.63) is 66.7 Å². The molecule has 2 saturated carbocycles. The Morgan fingerprint density at radius 1 is 0.778 bits per heavy atom. The van der Waals surface area contributed by atoms with Crippen molar-refractivity contribution in [2.24, 2.45) is 0 Å². The van der Waals surface area contributed by atoms with Crippen molar-refractivity contribution < 1.29 is 4.79 Å². The highest BCUT2D eigenvalue weighted by atomic mass is 32.1. The SMILES string of the molecule is O=C(Cn1c(-c2ccc(-c3ccccc3)s2)nc2ccccc21)N(C1CCCCC1)C1CCCCC1. The summed E-state index contributed by atoms with van der Waals surface area (Å²) in [4.78, 5) is 23.8. The highest BCUT2D eigenvalue weighted by Gasteiger charge is 2.33. The van der Waals surface area contributed by atoms with E-state index in [1.54, 1.807) is 11.3 Å². The highest BCUT2D eigenvalue weighted by Crippen LogP contribution is 2.36. The van der Waals surface area contributed by atoms with E-state index >= 15 is 0 Å². The highest BCUT2D eigenvalue weighted by molar-refractivity contribution is 7.18. The number of imidazole rings is 1. The minimum atomic E-state index is 0.276. The van der Waals surface area contributed by atoms with Crippen molar-refractivity contribution >= 4 is 28.3 Å². The third-order valence-electron chi connectivity index (χ3n) is 8.06. The Morgan fingerprint density at radius 3 is 2.08 bits per heavy atom. The van der Waals surface area contributed by atoms with Gasteiger partial charge in [0, 0.05) is 17.0 Å². The van der Waals surface area contributed by atoms with Gasteiger partial charge < -0.3 is 9.47 Å². The summed E-state index contributed by atoms with van der Waals surface area (Å²) in [6.45, 7) is 0.363. The van der Waals surface area contributed by atoms with Crippen LogP contribution in [-0.2, 0) is 11.3 Å². The molecule has 0 bridgehead atoms. The Labute approximate surface area is 218 Å². The average Bonchev–Trinajstić information content (AvgIpc) is 3.56. The normalized spacial score (nSPS) is 17.4. The van der Waals surface area contributed by atoms with Crippen LogP contribution in [0.4, 0.5) is 0 Å². The van der Waals surface area contributed by atoms with Crippen LogP contribution in [0.5, 0.6) is 0 Å². The summed E-state index contributed by atoms with van der Waals surface area (Å²) in [5.41, 5.74) is 3.22. The number of hydrogen-bond acceptors (Lipinski definition) is 3. The Hall–Kier alpha value is -2.92. The van der Waals surface area contributed by atoms with Crippen LogP contribution in [-0.4, -0.2) is 32.4 Å². The van der Waals surface area contributed by atoms with Crippen molar-refractivity contribution in [1.29, 1.82) is 0 Å². The largest absolute Gasteiger partial charge is 0.335 e. The van der Waals surface area contributed by atoms with Gasteiger partial charge in [-0.1, -0.05) is 81.0 Å². The number of hydrogen-bond donors (Lipinski definition) is 0. The van der Waals surface area contributed by atoms with E-state index in [0.717, 1.165) is 47.4 Å². The standard InChI is InChI=1S/C31H35N3OS/c35-30(34(24-14-6-2-7-15-24)25-16-8-3-9-17-25)22-33-27-19-11-10-18-26(27)32-31(33)29-21-20-28(36-29)23-12-4-1-5-13-23/h1,4-5,10-13,18-21,24-25H,2-3,6-9,14-17,22H2. The van der Waals surface area contributed by atoms with Crippen molar-refractivity contribution in [2.45, 2.75) is 82.8 Å². The summed E-state index contributed by atoms with van der Waals surface area (Å²) in [6, 6.07) is 23.9. The molecule has 0 N–H and O–H groups in total. The van der Waals surface area contributed by atoms with Crippen LogP contribution in [0.25, 0.3) is 32.2 Å². The van der Waals surface area contributed by atoms with Gasteiger partial charge in [0.1, 0.15) is 6.54 Å². The quantitative estimate of drug-likeness (QED) is 0.271. The molecule has 6 rings (SSSR count). The first-order chi connectivity index (χ1) is 17.8. The second kappa shape index (κ2) is 10.6. The molecule has 2 fully saturated rings. The molecule has 0 spiro atoms. The first kappa shape index (κ1) is 23.5. The molecule has 186 valence electrons. The lowest BCUT2D eigenvalue weighted by molar-refractivity contribution is -0.138. The van der Waals surface area contributed by atoms with Crippen LogP contribution in [0.3, 0.4) is 0 Å². The van der Waals surface area contributed by atoms with Gasteiger partial charge in [-0.15, -0.1) is 11.3 Å². The van der Waals surface area contributed by atoms with Gasteiger partial charge in [-0.05, 0) is 55.5 Å². The van der Waals surface area contributed by atoms with Crippen molar-refractivity contribution in [1.82, 2.24) is 14.5 Å². The van der Waals surface area contributed by atoms with E-state index in [2.05, 4.69) is 64.1 Å². The maximum atomic E-state index is 14.1. The molecule has 1 amide bonds. The van der Waals surface area contributed by atoms with Crippen LogP contribution in [0.15, 0.2) is 66.7 Å². The molecular formula is C31H35N3OS. The fourth-order valence-corrected chi connectivity index (χ4v) is 7.29. The van der Waals surface area contributed by atoms with Gasteiger partial charge in [-0.2, -0.15) is 0 Å². The maximum Gasteiger partial charge on any atom is 0.243 e. The molecule has 2 aromatic carbocycles. The number of carbonyl (C=O) groups is 1. The summed E-state index contributed by atoms with van der Waals surface area (Å²) in [7, 11) is 0. The lowest BCUT2D eigenvalue weighted by Crippen LogP contribution is -2.50. The lowest BCUT2D eigenvalue weighted by atomic mass is 9.88. The van der Waals surface area contributed by atoms with Gasteiger partial charge >= 0.3 is 0 Å². The molecule has 4 aromatic rings. The van der Waals surface area contributed by atoms with Crippen LogP contribution in [0.1, 0.15) is 64.2 Å². The number of carbonyl (C=O) groups excluding carboxylic acids is 1. The second-order valence-electron chi connectivity index (χ2n) is 10.4. The fraction of sp³-hybridized carbons (Fsp3) is 0.419. The van der Waals surface area contributed by atoms with Gasteiger partial charge in [-0.25, -0.2) is 4.98 Å². The van der Waals surface area contributed by atoms with E-state index in [0.29, 0.717) is 18.6 Å².